The molecule has 1 N–H and O–H groups in total. The first-order valence-electron chi connectivity index (χ1n) is 6.14. The van der Waals surface area contributed by atoms with Gasteiger partial charge in [-0.2, -0.15) is 4.31 Å². The van der Waals surface area contributed by atoms with Crippen LogP contribution in [-0.2, 0) is 10.0 Å². The molecule has 2 rings (SSSR count). The Morgan fingerprint density at radius 2 is 2.14 bits per heavy atom. The maximum absolute atomic E-state index is 14.3. The Labute approximate surface area is 130 Å². The van der Waals surface area contributed by atoms with Crippen molar-refractivity contribution in [3.8, 4) is 0 Å². The van der Waals surface area contributed by atoms with Gasteiger partial charge in [-0.1, -0.05) is 22.0 Å². The topological polar surface area (TPSA) is 74.7 Å². The highest BCUT2D eigenvalue weighted by Crippen LogP contribution is 2.34. The van der Waals surface area contributed by atoms with Crippen molar-refractivity contribution in [3.05, 3.63) is 40.6 Å². The Bertz CT molecular complexity index is 700. The zero-order valence-electron chi connectivity index (χ0n) is 10.9. The maximum Gasteiger partial charge on any atom is 0.338 e. The molecule has 5 nitrogen and oxygen atoms in total. The van der Waals surface area contributed by atoms with Crippen LogP contribution in [0.2, 0.25) is 0 Å². The standard InChI is InChI=1S/C13H13BrFNO4S/c1-2-5-16(9-3-4-9)21(19,20)11-7-8(14)6-10(12(11)15)13(17)18/h2,6-7,9H,1,3-5H2,(H,17,18). The van der Waals surface area contributed by atoms with E-state index >= 15 is 0 Å². The molecule has 0 saturated heterocycles. The van der Waals surface area contributed by atoms with Crippen LogP contribution >= 0.6 is 15.9 Å². The summed E-state index contributed by atoms with van der Waals surface area (Å²) in [5.74, 6) is -2.77. The van der Waals surface area contributed by atoms with Gasteiger partial charge in [-0.3, -0.25) is 0 Å². The minimum atomic E-state index is -4.12. The molecule has 0 spiro atoms. The van der Waals surface area contributed by atoms with Gasteiger partial charge in [0.1, 0.15) is 4.90 Å². The number of halogens is 2. The van der Waals surface area contributed by atoms with Crippen molar-refractivity contribution in [1.29, 1.82) is 0 Å². The number of carboxylic acids is 1. The van der Waals surface area contributed by atoms with E-state index in [0.29, 0.717) is 12.8 Å². The summed E-state index contributed by atoms with van der Waals surface area (Å²) in [6.45, 7) is 3.56. The molecule has 0 radical (unpaired) electrons. The zero-order valence-corrected chi connectivity index (χ0v) is 13.3. The number of hydrogen-bond donors (Lipinski definition) is 1. The summed E-state index contributed by atoms with van der Waals surface area (Å²) in [7, 11) is -4.12. The minimum Gasteiger partial charge on any atom is -0.478 e. The average molecular weight is 378 g/mol. The molecule has 1 saturated carbocycles. The van der Waals surface area contributed by atoms with Gasteiger partial charge in [-0.15, -0.1) is 6.58 Å². The molecule has 0 aromatic heterocycles. The predicted molar refractivity (Wildman–Crippen MR) is 78.2 cm³/mol. The van der Waals surface area contributed by atoms with Gasteiger partial charge in [0.15, 0.2) is 5.82 Å². The number of aromatic carboxylic acids is 1. The Hall–Kier alpha value is -1.25. The SMILES string of the molecule is C=CCN(C1CC1)S(=O)(=O)c1cc(Br)cc(C(=O)O)c1F. The van der Waals surface area contributed by atoms with Crippen LogP contribution < -0.4 is 0 Å². The molecule has 0 aliphatic heterocycles. The molecule has 0 unspecified atom stereocenters. The first kappa shape index (κ1) is 16.1. The van der Waals surface area contributed by atoms with E-state index in [1.54, 1.807) is 0 Å². The zero-order chi connectivity index (χ0) is 15.8. The van der Waals surface area contributed by atoms with E-state index in [9.17, 15) is 17.6 Å². The maximum atomic E-state index is 14.3. The van der Waals surface area contributed by atoms with E-state index in [-0.39, 0.29) is 17.1 Å². The van der Waals surface area contributed by atoms with Gasteiger partial charge < -0.3 is 5.11 Å². The van der Waals surface area contributed by atoms with Crippen molar-refractivity contribution < 1.29 is 22.7 Å². The summed E-state index contributed by atoms with van der Waals surface area (Å²) >= 11 is 3.02. The highest BCUT2D eigenvalue weighted by atomic mass is 79.9. The number of benzene rings is 1. The third kappa shape index (κ3) is 3.17. The molecule has 1 aliphatic carbocycles. The van der Waals surface area contributed by atoms with Crippen molar-refractivity contribution in [2.75, 3.05) is 6.54 Å². The van der Waals surface area contributed by atoms with Crippen LogP contribution in [0, 0.1) is 5.82 Å². The van der Waals surface area contributed by atoms with Crippen molar-refractivity contribution in [3.63, 3.8) is 0 Å². The van der Waals surface area contributed by atoms with Crippen LogP contribution in [0.5, 0.6) is 0 Å². The van der Waals surface area contributed by atoms with Gasteiger partial charge in [0.05, 0.1) is 5.56 Å². The fourth-order valence-corrected chi connectivity index (χ4v) is 4.35. The lowest BCUT2D eigenvalue weighted by atomic mass is 10.2. The lowest BCUT2D eigenvalue weighted by molar-refractivity contribution is 0.0691. The van der Waals surface area contributed by atoms with Gasteiger partial charge in [0.25, 0.3) is 0 Å². The molecule has 0 bridgehead atoms. The highest BCUT2D eigenvalue weighted by molar-refractivity contribution is 9.10. The number of rotatable bonds is 6. The van der Waals surface area contributed by atoms with E-state index in [2.05, 4.69) is 22.5 Å². The Morgan fingerprint density at radius 3 is 2.62 bits per heavy atom. The largest absolute Gasteiger partial charge is 0.478 e. The summed E-state index contributed by atoms with van der Waals surface area (Å²) < 4.78 is 40.7. The molecular formula is C13H13BrFNO4S. The molecular weight excluding hydrogens is 365 g/mol. The number of carboxylic acid groups (broad SMARTS) is 1. The smallest absolute Gasteiger partial charge is 0.338 e. The highest BCUT2D eigenvalue weighted by Gasteiger charge is 2.39. The molecule has 1 aliphatic rings. The first-order valence-corrected chi connectivity index (χ1v) is 8.37. The van der Waals surface area contributed by atoms with Crippen LogP contribution in [0.15, 0.2) is 34.2 Å². The van der Waals surface area contributed by atoms with Gasteiger partial charge in [-0.25, -0.2) is 17.6 Å². The molecule has 0 amide bonds. The van der Waals surface area contributed by atoms with Gasteiger partial charge >= 0.3 is 5.97 Å². The number of hydrogen-bond acceptors (Lipinski definition) is 3. The summed E-state index contributed by atoms with van der Waals surface area (Å²) in [5.41, 5.74) is -0.683. The second kappa shape index (κ2) is 5.86. The van der Waals surface area contributed by atoms with Crippen LogP contribution in [-0.4, -0.2) is 36.4 Å². The van der Waals surface area contributed by atoms with Crippen molar-refractivity contribution in [2.45, 2.75) is 23.8 Å². The summed E-state index contributed by atoms with van der Waals surface area (Å²) in [6, 6.07) is 1.93. The lowest BCUT2D eigenvalue weighted by Gasteiger charge is -2.21. The number of nitrogens with zero attached hydrogens (tertiary/aromatic N) is 1. The molecule has 1 aromatic rings. The predicted octanol–water partition coefficient (Wildman–Crippen LogP) is 2.63. The molecule has 21 heavy (non-hydrogen) atoms. The molecule has 0 atom stereocenters. The number of carbonyl (C=O) groups is 1. The summed E-state index contributed by atoms with van der Waals surface area (Å²) in [6.07, 6.45) is 2.83. The molecule has 0 heterocycles. The van der Waals surface area contributed by atoms with Gasteiger partial charge in [-0.05, 0) is 25.0 Å². The molecule has 8 heteroatoms. The second-order valence-corrected chi connectivity index (χ2v) is 7.44. The van der Waals surface area contributed by atoms with E-state index in [0.717, 1.165) is 16.4 Å². The Kier molecular flexibility index (Phi) is 4.50. The van der Waals surface area contributed by atoms with Crippen LogP contribution in [0.4, 0.5) is 4.39 Å². The summed E-state index contributed by atoms with van der Waals surface area (Å²) in [5, 5.41) is 8.96. The van der Waals surface area contributed by atoms with Gasteiger partial charge in [0.2, 0.25) is 10.0 Å². The fraction of sp³-hybridized carbons (Fsp3) is 0.308. The van der Waals surface area contributed by atoms with Crippen LogP contribution in [0.3, 0.4) is 0 Å². The van der Waals surface area contributed by atoms with Crippen molar-refractivity contribution >= 4 is 31.9 Å². The van der Waals surface area contributed by atoms with E-state index < -0.39 is 32.3 Å². The Morgan fingerprint density at radius 1 is 1.52 bits per heavy atom. The average Bonchev–Trinajstić information content (AvgIpc) is 3.21. The second-order valence-electron chi connectivity index (χ2n) is 4.67. The van der Waals surface area contributed by atoms with Crippen LogP contribution in [0.25, 0.3) is 0 Å². The molecule has 1 fully saturated rings. The van der Waals surface area contributed by atoms with E-state index in [4.69, 9.17) is 5.11 Å². The van der Waals surface area contributed by atoms with Crippen molar-refractivity contribution in [2.24, 2.45) is 0 Å². The fourth-order valence-electron chi connectivity index (χ4n) is 1.97. The third-order valence-electron chi connectivity index (χ3n) is 3.08. The Balaban J connectivity index is 2.58. The number of sulfonamides is 1. The van der Waals surface area contributed by atoms with Gasteiger partial charge in [0, 0.05) is 17.1 Å². The quantitative estimate of drug-likeness (QED) is 0.773. The molecule has 114 valence electrons. The van der Waals surface area contributed by atoms with E-state index in [1.165, 1.54) is 6.08 Å². The first-order chi connectivity index (χ1) is 9.78. The summed E-state index contributed by atoms with van der Waals surface area (Å²) in [4.78, 5) is 10.4. The third-order valence-corrected chi connectivity index (χ3v) is 5.46. The molecule has 1 aromatic carbocycles. The minimum absolute atomic E-state index is 0.0569. The van der Waals surface area contributed by atoms with Crippen molar-refractivity contribution in [1.82, 2.24) is 4.31 Å². The van der Waals surface area contributed by atoms with E-state index in [1.807, 2.05) is 0 Å². The van der Waals surface area contributed by atoms with Crippen LogP contribution in [0.1, 0.15) is 23.2 Å². The monoisotopic (exact) mass is 377 g/mol. The lowest BCUT2D eigenvalue weighted by Crippen LogP contribution is -2.34. The normalized spacial score (nSPS) is 15.2.